The van der Waals surface area contributed by atoms with Crippen LogP contribution in [0.25, 0.3) is 0 Å². The summed E-state index contributed by atoms with van der Waals surface area (Å²) in [5, 5.41) is 4.23. The smallest absolute Gasteiger partial charge is 0.200 e. The van der Waals surface area contributed by atoms with E-state index in [0.717, 1.165) is 25.6 Å². The maximum Gasteiger partial charge on any atom is 0.279 e. The number of rotatable bonds is 5. The number of sulfonamides is 1. The number of benzene rings is 3. The molecule has 0 aromatic heterocycles. The summed E-state index contributed by atoms with van der Waals surface area (Å²) in [5.41, 5.74) is 2.59. The summed E-state index contributed by atoms with van der Waals surface area (Å²) >= 11 is 3.38. The molecule has 3 rings (SSSR count). The summed E-state index contributed by atoms with van der Waals surface area (Å²) in [6.07, 6.45) is 1.52. The number of hydrogen-bond donors (Lipinski definition) is 0. The predicted molar refractivity (Wildman–Crippen MR) is 120 cm³/mol. The average Bonchev–Trinajstić information content (AvgIpc) is 2.72. The van der Waals surface area contributed by atoms with Gasteiger partial charge in [0.25, 0.3) is 10.0 Å². The highest BCUT2D eigenvalue weighted by molar-refractivity contribution is 9.10. The molecule has 0 saturated carbocycles. The third-order valence-electron chi connectivity index (χ3n) is 4.02. The molecule has 0 radical (unpaired) electrons. The Morgan fingerprint density at radius 2 is 1.62 bits per heavy atom. The van der Waals surface area contributed by atoms with Crippen LogP contribution in [0.4, 0.5) is 0 Å². The summed E-state index contributed by atoms with van der Waals surface area (Å²) in [6.45, 7) is 1.85. The zero-order chi connectivity index (χ0) is 20.7. The molecule has 0 aliphatic carbocycles. The lowest BCUT2D eigenvalue weighted by Gasteiger charge is -2.16. The summed E-state index contributed by atoms with van der Waals surface area (Å²) in [5.74, 6) is 5.89. The molecular formula is C23H19BrN2O2S. The van der Waals surface area contributed by atoms with Gasteiger partial charge in [0.05, 0.1) is 11.1 Å². The third kappa shape index (κ3) is 5.80. The molecule has 0 saturated heterocycles. The van der Waals surface area contributed by atoms with Crippen molar-refractivity contribution in [2.45, 2.75) is 11.8 Å². The van der Waals surface area contributed by atoms with E-state index in [-0.39, 0.29) is 11.4 Å². The van der Waals surface area contributed by atoms with Gasteiger partial charge in [-0.2, -0.15) is 17.9 Å². The largest absolute Gasteiger partial charge is 0.279 e. The first-order chi connectivity index (χ1) is 13.9. The molecule has 0 amide bonds. The van der Waals surface area contributed by atoms with Crippen molar-refractivity contribution in [2.75, 3.05) is 6.54 Å². The monoisotopic (exact) mass is 466 g/mol. The lowest BCUT2D eigenvalue weighted by Crippen LogP contribution is -2.27. The summed E-state index contributed by atoms with van der Waals surface area (Å²) in [7, 11) is -3.83. The molecule has 3 aromatic rings. The lowest BCUT2D eigenvalue weighted by atomic mass is 10.2. The lowest BCUT2D eigenvalue weighted by molar-refractivity contribution is 0.468. The van der Waals surface area contributed by atoms with Crippen LogP contribution < -0.4 is 0 Å². The van der Waals surface area contributed by atoms with Crippen LogP contribution in [-0.2, 0) is 10.0 Å². The highest BCUT2D eigenvalue weighted by atomic mass is 79.9. The number of hydrazone groups is 1. The minimum Gasteiger partial charge on any atom is -0.200 e. The fourth-order valence-electron chi connectivity index (χ4n) is 2.43. The zero-order valence-electron chi connectivity index (χ0n) is 15.8. The van der Waals surface area contributed by atoms with Crippen molar-refractivity contribution in [3.05, 3.63) is 100 Å². The number of hydrogen-bond acceptors (Lipinski definition) is 3. The van der Waals surface area contributed by atoms with Gasteiger partial charge in [-0.15, -0.1) is 0 Å². The summed E-state index contributed by atoms with van der Waals surface area (Å²) in [6, 6.07) is 23.5. The maximum absolute atomic E-state index is 13.1. The molecule has 0 fully saturated rings. The molecule has 0 atom stereocenters. The molecule has 0 bridgehead atoms. The predicted octanol–water partition coefficient (Wildman–Crippen LogP) is 4.83. The fraction of sp³-hybridized carbons (Fsp3) is 0.0870. The van der Waals surface area contributed by atoms with Gasteiger partial charge < -0.3 is 0 Å². The van der Waals surface area contributed by atoms with Crippen molar-refractivity contribution in [1.82, 2.24) is 4.41 Å². The van der Waals surface area contributed by atoms with E-state index in [0.29, 0.717) is 0 Å². The standard InChI is InChI=1S/C23H19BrN2O2S/c1-19-9-15-23(16-10-19)29(27,28)26(17-5-8-20-6-3-2-4-7-20)25-18-21-11-13-22(24)14-12-21/h2-4,6-7,9-16,18H,17H2,1H3/b25-18+. The Kier molecular flexibility index (Phi) is 6.86. The molecule has 0 N–H and O–H groups in total. The second-order valence-corrected chi connectivity index (χ2v) is 9.02. The maximum atomic E-state index is 13.1. The fourth-order valence-corrected chi connectivity index (χ4v) is 3.82. The van der Waals surface area contributed by atoms with E-state index >= 15 is 0 Å². The summed E-state index contributed by atoms with van der Waals surface area (Å²) in [4.78, 5) is 0.178. The first kappa shape index (κ1) is 20.8. The van der Waals surface area contributed by atoms with Gasteiger partial charge in [0, 0.05) is 10.0 Å². The van der Waals surface area contributed by atoms with Crippen molar-refractivity contribution in [2.24, 2.45) is 5.10 Å². The van der Waals surface area contributed by atoms with Crippen LogP contribution in [0.2, 0.25) is 0 Å². The molecule has 4 nitrogen and oxygen atoms in total. The highest BCUT2D eigenvalue weighted by Crippen LogP contribution is 2.17. The van der Waals surface area contributed by atoms with E-state index in [4.69, 9.17) is 0 Å². The molecule has 0 aliphatic rings. The Balaban J connectivity index is 1.91. The van der Waals surface area contributed by atoms with E-state index in [1.807, 2.05) is 61.5 Å². The van der Waals surface area contributed by atoms with Gasteiger partial charge in [-0.05, 0) is 48.9 Å². The minimum atomic E-state index is -3.83. The topological polar surface area (TPSA) is 49.7 Å². The van der Waals surface area contributed by atoms with Crippen LogP contribution in [0.15, 0.2) is 93.3 Å². The Morgan fingerprint density at radius 3 is 2.28 bits per heavy atom. The van der Waals surface area contributed by atoms with Gasteiger partial charge in [-0.1, -0.05) is 75.8 Å². The Bertz CT molecular complexity index is 1150. The Hall–Kier alpha value is -2.88. The van der Waals surface area contributed by atoms with Gasteiger partial charge in [-0.25, -0.2) is 0 Å². The minimum absolute atomic E-state index is 0.0574. The third-order valence-corrected chi connectivity index (χ3v) is 6.20. The second-order valence-electron chi connectivity index (χ2n) is 6.26. The number of nitrogens with zero attached hydrogens (tertiary/aromatic N) is 2. The van der Waals surface area contributed by atoms with Crippen LogP contribution in [0.3, 0.4) is 0 Å². The molecular weight excluding hydrogens is 448 g/mol. The zero-order valence-corrected chi connectivity index (χ0v) is 18.2. The van der Waals surface area contributed by atoms with Gasteiger partial charge >= 0.3 is 0 Å². The number of aryl methyl sites for hydroxylation is 1. The molecule has 146 valence electrons. The van der Waals surface area contributed by atoms with Gasteiger partial charge in [-0.3, -0.25) is 0 Å². The Morgan fingerprint density at radius 1 is 0.966 bits per heavy atom. The first-order valence-electron chi connectivity index (χ1n) is 8.88. The van der Waals surface area contributed by atoms with Crippen LogP contribution >= 0.6 is 15.9 Å². The molecule has 0 spiro atoms. The van der Waals surface area contributed by atoms with Gasteiger partial charge in [0.15, 0.2) is 0 Å². The molecule has 0 heterocycles. The number of halogens is 1. The van der Waals surface area contributed by atoms with E-state index < -0.39 is 10.0 Å². The molecule has 29 heavy (non-hydrogen) atoms. The van der Waals surface area contributed by atoms with Crippen molar-refractivity contribution in [1.29, 1.82) is 0 Å². The van der Waals surface area contributed by atoms with Crippen molar-refractivity contribution in [3.8, 4) is 11.8 Å². The van der Waals surface area contributed by atoms with Gasteiger partial charge in [0.1, 0.15) is 6.54 Å². The van der Waals surface area contributed by atoms with Crippen molar-refractivity contribution in [3.63, 3.8) is 0 Å². The summed E-state index contributed by atoms with van der Waals surface area (Å²) < 4.78 is 28.2. The van der Waals surface area contributed by atoms with Crippen molar-refractivity contribution < 1.29 is 8.42 Å². The van der Waals surface area contributed by atoms with Crippen molar-refractivity contribution >= 4 is 32.2 Å². The van der Waals surface area contributed by atoms with E-state index in [9.17, 15) is 8.42 Å². The molecule has 0 unspecified atom stereocenters. The van der Waals surface area contributed by atoms with Crippen LogP contribution in [0, 0.1) is 18.8 Å². The van der Waals surface area contributed by atoms with Crippen LogP contribution in [-0.4, -0.2) is 25.6 Å². The van der Waals surface area contributed by atoms with E-state index in [1.54, 1.807) is 24.3 Å². The Labute approximate surface area is 180 Å². The second kappa shape index (κ2) is 9.55. The molecule has 0 aliphatic heterocycles. The van der Waals surface area contributed by atoms with E-state index in [2.05, 4.69) is 32.9 Å². The van der Waals surface area contributed by atoms with Crippen LogP contribution in [0.5, 0.6) is 0 Å². The normalized spacial score (nSPS) is 11.1. The van der Waals surface area contributed by atoms with Crippen LogP contribution in [0.1, 0.15) is 16.7 Å². The van der Waals surface area contributed by atoms with E-state index in [1.165, 1.54) is 6.21 Å². The SMILES string of the molecule is Cc1ccc(S(=O)(=O)N(CC#Cc2ccccc2)/N=C/c2ccc(Br)cc2)cc1. The molecule has 6 heteroatoms. The highest BCUT2D eigenvalue weighted by Gasteiger charge is 2.22. The quantitative estimate of drug-likeness (QED) is 0.307. The molecule has 3 aromatic carbocycles. The first-order valence-corrected chi connectivity index (χ1v) is 11.1. The average molecular weight is 467 g/mol. The van der Waals surface area contributed by atoms with Gasteiger partial charge in [0.2, 0.25) is 0 Å².